The van der Waals surface area contributed by atoms with E-state index in [0.717, 1.165) is 32.3 Å². The highest BCUT2D eigenvalue weighted by atomic mass is 19.4. The number of rotatable bonds is 2. The Morgan fingerprint density at radius 2 is 1.80 bits per heavy atom. The Kier molecular flexibility index (Phi) is 2.99. The Balaban J connectivity index is 1.81. The largest absolute Gasteiger partial charge is 0.492 e. The highest BCUT2D eigenvalue weighted by Gasteiger charge is 2.39. The van der Waals surface area contributed by atoms with Crippen LogP contribution in [0, 0.1) is 0 Å². The summed E-state index contributed by atoms with van der Waals surface area (Å²) in [5.41, 5.74) is -0.0743. The van der Waals surface area contributed by atoms with E-state index in [1.807, 2.05) is 0 Å². The molecule has 0 amide bonds. The second kappa shape index (κ2) is 3.98. The molecule has 0 bridgehead atoms. The van der Waals surface area contributed by atoms with E-state index in [-0.39, 0.29) is 5.60 Å². The molecule has 2 saturated heterocycles. The zero-order chi connectivity index (χ0) is 10.9. The molecule has 0 N–H and O–H groups in total. The number of likely N-dealkylation sites (tertiary alicyclic amines) is 1. The molecule has 0 aromatic carbocycles. The van der Waals surface area contributed by atoms with Gasteiger partial charge < -0.3 is 22.6 Å². The summed E-state index contributed by atoms with van der Waals surface area (Å²) in [4.78, 5) is 1.51. The molecule has 0 atom stereocenters. The summed E-state index contributed by atoms with van der Waals surface area (Å²) in [6.07, 6.45) is 2.90. The van der Waals surface area contributed by atoms with Crippen molar-refractivity contribution in [2.75, 3.05) is 26.1 Å². The van der Waals surface area contributed by atoms with Crippen LogP contribution in [-0.4, -0.2) is 43.6 Å². The van der Waals surface area contributed by atoms with Crippen LogP contribution in [0.4, 0.5) is 12.9 Å². The van der Waals surface area contributed by atoms with E-state index in [0.29, 0.717) is 13.1 Å². The molecule has 88 valence electrons. The molecule has 0 aromatic rings. The minimum absolute atomic E-state index is 0.0743. The van der Waals surface area contributed by atoms with Gasteiger partial charge >= 0.3 is 6.98 Å². The molecular weight excluding hydrogens is 206 g/mol. The molecule has 15 heavy (non-hydrogen) atoms. The molecule has 0 saturated carbocycles. The lowest BCUT2D eigenvalue weighted by atomic mass is 9.85. The van der Waals surface area contributed by atoms with Gasteiger partial charge in [0.15, 0.2) is 0 Å². The van der Waals surface area contributed by atoms with Gasteiger partial charge in [-0.1, -0.05) is 0 Å². The summed E-state index contributed by atoms with van der Waals surface area (Å²) in [5.74, 6) is 0. The van der Waals surface area contributed by atoms with Crippen LogP contribution in [0.2, 0.25) is 0 Å². The smallest absolute Gasteiger partial charge is 0.448 e. The van der Waals surface area contributed by atoms with Crippen molar-refractivity contribution in [2.45, 2.75) is 31.3 Å². The van der Waals surface area contributed by atoms with Crippen molar-refractivity contribution in [2.24, 2.45) is 0 Å². The lowest BCUT2D eigenvalue weighted by molar-refractivity contribution is -0.0416. The molecule has 0 unspecified atom stereocenters. The van der Waals surface area contributed by atoms with Crippen LogP contribution < -0.4 is 0 Å². The molecule has 0 aromatic heterocycles. The van der Waals surface area contributed by atoms with Crippen molar-refractivity contribution in [1.82, 2.24) is 4.90 Å². The first-order valence-corrected chi connectivity index (χ1v) is 5.57. The highest BCUT2D eigenvalue weighted by Crippen LogP contribution is 2.35. The van der Waals surface area contributed by atoms with Crippen LogP contribution in [-0.2, 0) is 4.74 Å². The number of hydrogen-bond acceptors (Lipinski definition) is 2. The summed E-state index contributed by atoms with van der Waals surface area (Å²) in [6.45, 7) is -2.83. The average molecular weight is 222 g/mol. The number of hydrogen-bond donors (Lipinski definition) is 0. The Bertz CT molecular complexity index is 218. The van der Waals surface area contributed by atoms with Gasteiger partial charge in [-0.25, -0.2) is 0 Å². The molecule has 2 fully saturated rings. The lowest BCUT2D eigenvalue weighted by Crippen LogP contribution is -2.48. The zero-order valence-electron chi connectivity index (χ0n) is 8.72. The van der Waals surface area contributed by atoms with E-state index in [2.05, 4.69) is 0 Å². The maximum atomic E-state index is 12.2. The predicted molar refractivity (Wildman–Crippen MR) is 52.7 cm³/mol. The molecule has 2 aliphatic rings. The third-order valence-corrected chi connectivity index (χ3v) is 3.42. The van der Waals surface area contributed by atoms with E-state index < -0.39 is 13.4 Å². The van der Waals surface area contributed by atoms with Gasteiger partial charge in [0.25, 0.3) is 0 Å². The van der Waals surface area contributed by atoms with Crippen LogP contribution in [0.1, 0.15) is 25.7 Å². The van der Waals surface area contributed by atoms with Crippen molar-refractivity contribution >= 4 is 6.98 Å². The van der Waals surface area contributed by atoms with E-state index in [1.54, 1.807) is 0 Å². The maximum Gasteiger partial charge on any atom is 0.492 e. The summed E-state index contributed by atoms with van der Waals surface area (Å²) in [6, 6.07) is 0. The second-order valence-electron chi connectivity index (χ2n) is 4.65. The second-order valence-corrected chi connectivity index (χ2v) is 4.65. The van der Waals surface area contributed by atoms with Crippen molar-refractivity contribution in [1.29, 1.82) is 0 Å². The fraction of sp³-hybridized carbons (Fsp3) is 1.00. The van der Waals surface area contributed by atoms with Crippen LogP contribution in [0.25, 0.3) is 0 Å². The third kappa shape index (κ3) is 2.87. The normalized spacial score (nSPS) is 27.4. The van der Waals surface area contributed by atoms with Crippen molar-refractivity contribution in [3.63, 3.8) is 0 Å². The first-order valence-electron chi connectivity index (χ1n) is 5.57. The predicted octanol–water partition coefficient (Wildman–Crippen LogP) is 2.02. The summed E-state index contributed by atoms with van der Waals surface area (Å²) < 4.78 is 42.3. The SMILES string of the molecule is F[B-](F)(F)CN1CCC2(CCCO2)CC1. The van der Waals surface area contributed by atoms with Crippen LogP contribution in [0.15, 0.2) is 0 Å². The van der Waals surface area contributed by atoms with Gasteiger partial charge in [-0.3, -0.25) is 0 Å². The van der Waals surface area contributed by atoms with E-state index in [1.165, 1.54) is 4.90 Å². The Morgan fingerprint density at radius 1 is 1.13 bits per heavy atom. The summed E-state index contributed by atoms with van der Waals surface area (Å²) in [5, 5.41) is 0. The van der Waals surface area contributed by atoms with Gasteiger partial charge in [0.05, 0.1) is 5.60 Å². The standard InChI is InChI=1S/C9H16BF3NO/c11-10(12,13)8-14-5-3-9(4-6-14)2-1-7-15-9/h1-8H2/q-1. The van der Waals surface area contributed by atoms with Gasteiger partial charge in [0.1, 0.15) is 0 Å². The minimum atomic E-state index is -4.67. The van der Waals surface area contributed by atoms with Crippen molar-refractivity contribution < 1.29 is 17.7 Å². The molecule has 2 nitrogen and oxygen atoms in total. The topological polar surface area (TPSA) is 12.5 Å². The first-order chi connectivity index (χ1) is 6.99. The summed E-state index contributed by atoms with van der Waals surface area (Å²) >= 11 is 0. The molecular formula is C9H16BF3NO-. The van der Waals surface area contributed by atoms with Crippen molar-refractivity contribution in [3.8, 4) is 0 Å². The lowest BCUT2D eigenvalue weighted by Gasteiger charge is -2.40. The quantitative estimate of drug-likeness (QED) is 0.662. The Labute approximate surface area is 87.8 Å². The maximum absolute atomic E-state index is 12.2. The monoisotopic (exact) mass is 222 g/mol. The van der Waals surface area contributed by atoms with Gasteiger partial charge in [-0.05, 0) is 45.2 Å². The van der Waals surface area contributed by atoms with Crippen LogP contribution in [0.3, 0.4) is 0 Å². The van der Waals surface area contributed by atoms with E-state index in [4.69, 9.17) is 4.74 Å². The van der Waals surface area contributed by atoms with Gasteiger partial charge in [-0.15, -0.1) is 0 Å². The fourth-order valence-electron chi connectivity index (χ4n) is 2.59. The van der Waals surface area contributed by atoms with Crippen LogP contribution >= 0.6 is 0 Å². The number of nitrogens with zero attached hydrogens (tertiary/aromatic N) is 1. The first kappa shape index (κ1) is 11.3. The number of halogens is 3. The number of ether oxygens (including phenoxy) is 1. The zero-order valence-corrected chi connectivity index (χ0v) is 8.72. The van der Waals surface area contributed by atoms with Gasteiger partial charge in [0, 0.05) is 6.61 Å². The van der Waals surface area contributed by atoms with E-state index in [9.17, 15) is 12.9 Å². The average Bonchev–Trinajstić information content (AvgIpc) is 2.56. The molecule has 2 heterocycles. The third-order valence-electron chi connectivity index (χ3n) is 3.42. The molecule has 2 aliphatic heterocycles. The molecule has 2 rings (SSSR count). The minimum Gasteiger partial charge on any atom is -0.448 e. The molecule has 0 radical (unpaired) electrons. The molecule has 6 heteroatoms. The summed E-state index contributed by atoms with van der Waals surface area (Å²) in [7, 11) is 0. The number of piperidine rings is 1. The Morgan fingerprint density at radius 3 is 2.27 bits per heavy atom. The van der Waals surface area contributed by atoms with Gasteiger partial charge in [0.2, 0.25) is 0 Å². The Hall–Kier alpha value is -0.225. The van der Waals surface area contributed by atoms with Gasteiger partial charge in [-0.2, -0.15) is 0 Å². The highest BCUT2D eigenvalue weighted by molar-refractivity contribution is 6.58. The van der Waals surface area contributed by atoms with Crippen LogP contribution in [0.5, 0.6) is 0 Å². The molecule has 0 aliphatic carbocycles. The van der Waals surface area contributed by atoms with Crippen molar-refractivity contribution in [3.05, 3.63) is 0 Å². The molecule has 1 spiro atoms. The fourth-order valence-corrected chi connectivity index (χ4v) is 2.59. The van der Waals surface area contributed by atoms with E-state index >= 15 is 0 Å².